The molecule has 0 saturated heterocycles. The first-order chi connectivity index (χ1) is 8.22. The van der Waals surface area contributed by atoms with Crippen LogP contribution in [0, 0.1) is 0 Å². The summed E-state index contributed by atoms with van der Waals surface area (Å²) in [6, 6.07) is 0. The van der Waals surface area contributed by atoms with Gasteiger partial charge in [0.2, 0.25) is 0 Å². The van der Waals surface area contributed by atoms with Crippen LogP contribution in [0.4, 0.5) is 5.82 Å². The summed E-state index contributed by atoms with van der Waals surface area (Å²) in [4.78, 5) is 8.59. The molecule has 96 valence electrons. The minimum absolute atomic E-state index is 0.161. The maximum Gasteiger partial charge on any atom is 0.133 e. The van der Waals surface area contributed by atoms with Crippen LogP contribution in [0.3, 0.4) is 0 Å². The molecule has 1 unspecified atom stereocenters. The Morgan fingerprint density at radius 3 is 2.76 bits per heavy atom. The van der Waals surface area contributed by atoms with Gasteiger partial charge in [-0.2, -0.15) is 0 Å². The van der Waals surface area contributed by atoms with Crippen molar-refractivity contribution in [2.45, 2.75) is 43.9 Å². The summed E-state index contributed by atoms with van der Waals surface area (Å²) >= 11 is 1.60. The maximum atomic E-state index is 9.09. The average Bonchev–Trinajstić information content (AvgIpc) is 2.36. The molecule has 17 heavy (non-hydrogen) atoms. The van der Waals surface area contributed by atoms with Gasteiger partial charge in [-0.1, -0.05) is 20.8 Å². The molecule has 1 heterocycles. The molecule has 0 aromatic carbocycles. The summed E-state index contributed by atoms with van der Waals surface area (Å²) in [6.45, 7) is 7.30. The van der Waals surface area contributed by atoms with E-state index in [0.29, 0.717) is 0 Å². The Bertz CT molecular complexity index is 347. The third-order valence-corrected chi connectivity index (χ3v) is 3.50. The quantitative estimate of drug-likeness (QED) is 0.578. The Kier molecular flexibility index (Phi) is 6.29. The molecule has 0 saturated carbocycles. The first kappa shape index (κ1) is 14.3. The average molecular weight is 255 g/mol. The number of aliphatic hydroxyl groups excluding tert-OH is 1. The Hall–Kier alpha value is -0.810. The number of rotatable bonds is 7. The largest absolute Gasteiger partial charge is 0.395 e. The Balaban J connectivity index is 2.88. The topological polar surface area (TPSA) is 58.0 Å². The van der Waals surface area contributed by atoms with Crippen LogP contribution in [-0.2, 0) is 6.42 Å². The van der Waals surface area contributed by atoms with Crippen molar-refractivity contribution in [2.75, 3.05) is 18.5 Å². The first-order valence-corrected chi connectivity index (χ1v) is 6.96. The van der Waals surface area contributed by atoms with Crippen molar-refractivity contribution in [1.82, 2.24) is 9.97 Å². The molecular weight excluding hydrogens is 234 g/mol. The van der Waals surface area contributed by atoms with Gasteiger partial charge in [0.05, 0.1) is 6.61 Å². The molecule has 5 heteroatoms. The van der Waals surface area contributed by atoms with Crippen molar-refractivity contribution < 1.29 is 5.11 Å². The predicted octanol–water partition coefficient (Wildman–Crippen LogP) is 2.33. The number of nitrogens with zero attached hydrogens (tertiary/aromatic N) is 2. The summed E-state index contributed by atoms with van der Waals surface area (Å²) in [5, 5.41) is 13.5. The van der Waals surface area contributed by atoms with Crippen LogP contribution in [0.5, 0.6) is 0 Å². The van der Waals surface area contributed by atoms with Crippen molar-refractivity contribution in [3.8, 4) is 0 Å². The Morgan fingerprint density at radius 2 is 2.18 bits per heavy atom. The first-order valence-electron chi connectivity index (χ1n) is 6.08. The zero-order chi connectivity index (χ0) is 12.7. The molecule has 1 rings (SSSR count). The minimum Gasteiger partial charge on any atom is -0.395 e. The van der Waals surface area contributed by atoms with Gasteiger partial charge in [0.25, 0.3) is 0 Å². The van der Waals surface area contributed by atoms with Gasteiger partial charge in [0.15, 0.2) is 0 Å². The third kappa shape index (κ3) is 4.16. The zero-order valence-electron chi connectivity index (χ0n) is 10.7. The SMILES string of the molecule is CCCNc1ncnc(SC(C)CO)c1CC. The van der Waals surface area contributed by atoms with E-state index in [1.807, 2.05) is 6.92 Å². The second kappa shape index (κ2) is 7.50. The molecule has 0 bridgehead atoms. The van der Waals surface area contributed by atoms with Gasteiger partial charge in [-0.15, -0.1) is 11.8 Å². The van der Waals surface area contributed by atoms with E-state index in [-0.39, 0.29) is 11.9 Å². The number of aromatic nitrogens is 2. The molecule has 0 spiro atoms. The molecule has 0 aliphatic heterocycles. The van der Waals surface area contributed by atoms with E-state index in [1.54, 1.807) is 18.1 Å². The Labute approximate surface area is 107 Å². The summed E-state index contributed by atoms with van der Waals surface area (Å²) in [5.41, 5.74) is 1.14. The highest BCUT2D eigenvalue weighted by molar-refractivity contribution is 7.99. The van der Waals surface area contributed by atoms with E-state index in [4.69, 9.17) is 5.11 Å². The van der Waals surface area contributed by atoms with Crippen LogP contribution in [-0.4, -0.2) is 33.5 Å². The third-order valence-electron chi connectivity index (χ3n) is 2.37. The van der Waals surface area contributed by atoms with Gasteiger partial charge in [-0.3, -0.25) is 0 Å². The van der Waals surface area contributed by atoms with Gasteiger partial charge < -0.3 is 10.4 Å². The lowest BCUT2D eigenvalue weighted by atomic mass is 10.2. The Morgan fingerprint density at radius 1 is 1.41 bits per heavy atom. The predicted molar refractivity (Wildman–Crippen MR) is 72.6 cm³/mol. The number of anilines is 1. The maximum absolute atomic E-state index is 9.09. The van der Waals surface area contributed by atoms with Crippen molar-refractivity contribution >= 4 is 17.6 Å². The van der Waals surface area contributed by atoms with Crippen molar-refractivity contribution in [1.29, 1.82) is 0 Å². The molecule has 1 atom stereocenters. The fourth-order valence-corrected chi connectivity index (χ4v) is 2.39. The standard InChI is InChI=1S/C12H21N3OS/c1-4-6-13-11-10(5-2)12(15-8-14-11)17-9(3)7-16/h8-9,16H,4-7H2,1-3H3,(H,13,14,15). The van der Waals surface area contributed by atoms with Gasteiger partial charge >= 0.3 is 0 Å². The van der Waals surface area contributed by atoms with E-state index in [1.165, 1.54) is 0 Å². The number of hydrogen-bond donors (Lipinski definition) is 2. The fraction of sp³-hybridized carbons (Fsp3) is 0.667. The van der Waals surface area contributed by atoms with E-state index >= 15 is 0 Å². The molecule has 1 aromatic rings. The summed E-state index contributed by atoms with van der Waals surface area (Å²) < 4.78 is 0. The molecule has 0 amide bonds. The van der Waals surface area contributed by atoms with Crippen LogP contribution in [0.1, 0.15) is 32.8 Å². The van der Waals surface area contributed by atoms with E-state index in [9.17, 15) is 0 Å². The van der Waals surface area contributed by atoms with Crippen LogP contribution >= 0.6 is 11.8 Å². The lowest BCUT2D eigenvalue weighted by Crippen LogP contribution is -2.09. The summed E-state index contributed by atoms with van der Waals surface area (Å²) in [5.74, 6) is 0.928. The molecule has 4 nitrogen and oxygen atoms in total. The smallest absolute Gasteiger partial charge is 0.133 e. The number of nitrogens with one attached hydrogen (secondary N) is 1. The lowest BCUT2D eigenvalue weighted by molar-refractivity contribution is 0.300. The van der Waals surface area contributed by atoms with Crippen molar-refractivity contribution in [2.24, 2.45) is 0 Å². The minimum atomic E-state index is 0.161. The number of hydrogen-bond acceptors (Lipinski definition) is 5. The second-order valence-corrected chi connectivity index (χ2v) is 5.32. The number of aliphatic hydroxyl groups is 1. The molecule has 2 N–H and O–H groups in total. The van der Waals surface area contributed by atoms with Crippen LogP contribution in [0.2, 0.25) is 0 Å². The fourth-order valence-electron chi connectivity index (χ4n) is 1.44. The molecule has 0 aliphatic rings. The molecule has 1 aromatic heterocycles. The van der Waals surface area contributed by atoms with Gasteiger partial charge in [-0.25, -0.2) is 9.97 Å². The zero-order valence-corrected chi connectivity index (χ0v) is 11.5. The summed E-state index contributed by atoms with van der Waals surface area (Å²) in [6.07, 6.45) is 3.56. The van der Waals surface area contributed by atoms with Crippen molar-refractivity contribution in [3.63, 3.8) is 0 Å². The monoisotopic (exact) mass is 255 g/mol. The van der Waals surface area contributed by atoms with Gasteiger partial charge in [-0.05, 0) is 12.8 Å². The highest BCUT2D eigenvalue weighted by atomic mass is 32.2. The van der Waals surface area contributed by atoms with Crippen LogP contribution in [0.25, 0.3) is 0 Å². The molecular formula is C12H21N3OS. The molecule has 0 fully saturated rings. The second-order valence-electron chi connectivity index (χ2n) is 3.90. The lowest BCUT2D eigenvalue weighted by Gasteiger charge is -2.14. The van der Waals surface area contributed by atoms with Gasteiger partial charge in [0, 0.05) is 17.4 Å². The van der Waals surface area contributed by atoms with Crippen LogP contribution < -0.4 is 5.32 Å². The van der Waals surface area contributed by atoms with E-state index < -0.39 is 0 Å². The van der Waals surface area contributed by atoms with E-state index in [0.717, 1.165) is 35.8 Å². The van der Waals surface area contributed by atoms with Crippen LogP contribution in [0.15, 0.2) is 11.4 Å². The van der Waals surface area contributed by atoms with E-state index in [2.05, 4.69) is 29.1 Å². The molecule has 0 aliphatic carbocycles. The normalized spacial score (nSPS) is 12.5. The highest BCUT2D eigenvalue weighted by Crippen LogP contribution is 2.28. The van der Waals surface area contributed by atoms with Gasteiger partial charge in [0.1, 0.15) is 17.2 Å². The summed E-state index contributed by atoms with van der Waals surface area (Å²) in [7, 11) is 0. The molecule has 0 radical (unpaired) electrons. The highest BCUT2D eigenvalue weighted by Gasteiger charge is 2.12. The number of thioether (sulfide) groups is 1. The van der Waals surface area contributed by atoms with Crippen molar-refractivity contribution in [3.05, 3.63) is 11.9 Å².